The van der Waals surface area contributed by atoms with Gasteiger partial charge in [-0.25, -0.2) is 9.97 Å². The van der Waals surface area contributed by atoms with Crippen LogP contribution in [0.2, 0.25) is 5.02 Å². The third-order valence-corrected chi connectivity index (χ3v) is 5.20. The molecule has 0 atom stereocenters. The molecule has 0 bridgehead atoms. The molecule has 4 aromatic rings. The van der Waals surface area contributed by atoms with Gasteiger partial charge in [0, 0.05) is 16.8 Å². The van der Waals surface area contributed by atoms with Crippen LogP contribution in [-0.2, 0) is 4.79 Å². The fraction of sp³-hybridized carbons (Fsp3) is 0.105. The topological polar surface area (TPSA) is 94.8 Å². The molecule has 29 heavy (non-hydrogen) atoms. The number of nitrogens with zero attached hydrogens (tertiary/aromatic N) is 5. The van der Waals surface area contributed by atoms with Crippen molar-refractivity contribution >= 4 is 46.1 Å². The zero-order valence-electron chi connectivity index (χ0n) is 15.2. The lowest BCUT2D eigenvalue weighted by Gasteiger charge is -2.06. The van der Waals surface area contributed by atoms with Crippen LogP contribution in [0.15, 0.2) is 59.9 Å². The van der Waals surface area contributed by atoms with Gasteiger partial charge in [-0.05, 0) is 36.4 Å². The average Bonchev–Trinajstić information content (AvgIpc) is 3.19. The maximum Gasteiger partial charge on any atom is 0.234 e. The Balaban J connectivity index is 1.52. The summed E-state index contributed by atoms with van der Waals surface area (Å²) in [5.41, 5.74) is 2.52. The van der Waals surface area contributed by atoms with Gasteiger partial charge in [-0.1, -0.05) is 34.6 Å². The van der Waals surface area contributed by atoms with E-state index in [1.807, 2.05) is 24.3 Å². The number of methoxy groups -OCH3 is 1. The van der Waals surface area contributed by atoms with E-state index in [0.29, 0.717) is 32.6 Å². The number of halogens is 1. The Hall–Kier alpha value is -3.17. The molecule has 8 nitrogen and oxygen atoms in total. The highest BCUT2D eigenvalue weighted by molar-refractivity contribution is 8.00. The number of anilines is 1. The number of nitrogens with one attached hydrogen (secondary N) is 1. The van der Waals surface area contributed by atoms with Gasteiger partial charge >= 0.3 is 0 Å². The standard InChI is InChI=1S/C19H15ClN6O2S/c1-28-15-4-2-3-14(9-15)26-18-17(24-25-26)19(22-11-21-18)29-10-16(27)23-13-7-5-12(20)6-8-13/h2-9,11H,10H2,1H3,(H,23,27). The fourth-order valence-corrected chi connectivity index (χ4v) is 3.47. The quantitative estimate of drug-likeness (QED) is 0.371. The minimum atomic E-state index is -0.163. The number of carbonyl (C=O) groups is 1. The Kier molecular flexibility index (Phi) is 5.59. The number of thioether (sulfide) groups is 1. The summed E-state index contributed by atoms with van der Waals surface area (Å²) in [5.74, 6) is 0.707. The van der Waals surface area contributed by atoms with Crippen molar-refractivity contribution in [3.63, 3.8) is 0 Å². The molecule has 0 saturated heterocycles. The van der Waals surface area contributed by atoms with E-state index in [9.17, 15) is 4.79 Å². The SMILES string of the molecule is COc1cccc(-n2nnc3c(SCC(=O)Nc4ccc(Cl)cc4)ncnc32)c1. The molecule has 1 amide bonds. The Morgan fingerprint density at radius 2 is 2.03 bits per heavy atom. The number of rotatable bonds is 6. The van der Waals surface area contributed by atoms with E-state index in [2.05, 4.69) is 25.6 Å². The summed E-state index contributed by atoms with van der Waals surface area (Å²) in [7, 11) is 1.60. The Morgan fingerprint density at radius 3 is 2.83 bits per heavy atom. The first-order chi connectivity index (χ1) is 14.1. The number of amides is 1. The monoisotopic (exact) mass is 426 g/mol. The summed E-state index contributed by atoms with van der Waals surface area (Å²) >= 11 is 7.12. The molecule has 0 spiro atoms. The average molecular weight is 427 g/mol. The molecular weight excluding hydrogens is 412 g/mol. The van der Waals surface area contributed by atoms with Gasteiger partial charge in [0.2, 0.25) is 5.91 Å². The van der Waals surface area contributed by atoms with Crippen LogP contribution in [0.4, 0.5) is 5.69 Å². The highest BCUT2D eigenvalue weighted by atomic mass is 35.5. The van der Waals surface area contributed by atoms with Crippen LogP contribution in [-0.4, -0.2) is 43.7 Å². The summed E-state index contributed by atoms with van der Waals surface area (Å²) in [6.45, 7) is 0. The van der Waals surface area contributed by atoms with E-state index < -0.39 is 0 Å². The third kappa shape index (κ3) is 4.30. The van der Waals surface area contributed by atoms with Crippen molar-refractivity contribution < 1.29 is 9.53 Å². The van der Waals surface area contributed by atoms with Crippen LogP contribution in [0.1, 0.15) is 0 Å². The van der Waals surface area contributed by atoms with Gasteiger partial charge in [0.25, 0.3) is 0 Å². The van der Waals surface area contributed by atoms with Crippen molar-refractivity contribution in [3.8, 4) is 11.4 Å². The van der Waals surface area contributed by atoms with Crippen LogP contribution in [0, 0.1) is 0 Å². The van der Waals surface area contributed by atoms with Crippen molar-refractivity contribution in [1.29, 1.82) is 0 Å². The number of fused-ring (bicyclic) bond motifs is 1. The minimum absolute atomic E-state index is 0.163. The van der Waals surface area contributed by atoms with E-state index in [1.54, 1.807) is 36.1 Å². The van der Waals surface area contributed by atoms with Crippen LogP contribution >= 0.6 is 23.4 Å². The van der Waals surface area contributed by atoms with Gasteiger partial charge in [-0.2, -0.15) is 4.68 Å². The zero-order chi connectivity index (χ0) is 20.2. The summed E-state index contributed by atoms with van der Waals surface area (Å²) in [4.78, 5) is 20.8. The lowest BCUT2D eigenvalue weighted by Crippen LogP contribution is -2.14. The molecule has 0 fully saturated rings. The fourth-order valence-electron chi connectivity index (χ4n) is 2.61. The van der Waals surface area contributed by atoms with Gasteiger partial charge in [-0.15, -0.1) is 5.10 Å². The molecule has 2 heterocycles. The minimum Gasteiger partial charge on any atom is -0.497 e. The molecule has 0 radical (unpaired) electrons. The van der Waals surface area contributed by atoms with Crippen molar-refractivity contribution in [1.82, 2.24) is 25.0 Å². The van der Waals surface area contributed by atoms with Gasteiger partial charge in [0.05, 0.1) is 18.6 Å². The Morgan fingerprint density at radius 1 is 1.21 bits per heavy atom. The Labute approximate surface area is 175 Å². The molecule has 1 N–H and O–H groups in total. The van der Waals surface area contributed by atoms with Crippen molar-refractivity contribution in [3.05, 3.63) is 59.9 Å². The molecular formula is C19H15ClN6O2S. The van der Waals surface area contributed by atoms with E-state index in [1.165, 1.54) is 18.1 Å². The summed E-state index contributed by atoms with van der Waals surface area (Å²) < 4.78 is 6.87. The molecule has 4 rings (SSSR count). The van der Waals surface area contributed by atoms with Crippen molar-refractivity contribution in [2.75, 3.05) is 18.2 Å². The maximum absolute atomic E-state index is 12.2. The number of hydrogen-bond acceptors (Lipinski definition) is 7. The molecule has 0 unspecified atom stereocenters. The number of benzene rings is 2. The highest BCUT2D eigenvalue weighted by Gasteiger charge is 2.15. The molecule has 0 aliphatic heterocycles. The summed E-state index contributed by atoms with van der Waals surface area (Å²) in [5, 5.41) is 12.4. The van der Waals surface area contributed by atoms with Crippen LogP contribution in [0.25, 0.3) is 16.9 Å². The van der Waals surface area contributed by atoms with E-state index in [4.69, 9.17) is 16.3 Å². The predicted molar refractivity (Wildman–Crippen MR) is 112 cm³/mol. The molecule has 0 saturated carbocycles. The number of carbonyl (C=O) groups excluding carboxylic acids is 1. The van der Waals surface area contributed by atoms with Gasteiger partial charge in [0.1, 0.15) is 17.1 Å². The number of ether oxygens (including phenoxy) is 1. The second-order valence-corrected chi connectivity index (χ2v) is 7.30. The number of hydrogen-bond donors (Lipinski definition) is 1. The molecule has 10 heteroatoms. The molecule has 2 aromatic carbocycles. The van der Waals surface area contributed by atoms with Crippen molar-refractivity contribution in [2.24, 2.45) is 0 Å². The predicted octanol–water partition coefficient (Wildman–Crippen LogP) is 3.60. The second-order valence-electron chi connectivity index (χ2n) is 5.90. The lowest BCUT2D eigenvalue weighted by atomic mass is 10.3. The molecule has 0 aliphatic rings. The largest absolute Gasteiger partial charge is 0.497 e. The first-order valence-electron chi connectivity index (χ1n) is 8.53. The van der Waals surface area contributed by atoms with Crippen LogP contribution in [0.5, 0.6) is 5.75 Å². The van der Waals surface area contributed by atoms with E-state index >= 15 is 0 Å². The lowest BCUT2D eigenvalue weighted by molar-refractivity contribution is -0.113. The normalized spacial score (nSPS) is 10.8. The van der Waals surface area contributed by atoms with Crippen molar-refractivity contribution in [2.45, 2.75) is 5.03 Å². The maximum atomic E-state index is 12.2. The first-order valence-corrected chi connectivity index (χ1v) is 9.89. The van der Waals surface area contributed by atoms with Crippen LogP contribution in [0.3, 0.4) is 0 Å². The summed E-state index contributed by atoms with van der Waals surface area (Å²) in [6, 6.07) is 14.3. The zero-order valence-corrected chi connectivity index (χ0v) is 16.8. The highest BCUT2D eigenvalue weighted by Crippen LogP contribution is 2.25. The molecule has 0 aliphatic carbocycles. The third-order valence-electron chi connectivity index (χ3n) is 3.97. The van der Waals surface area contributed by atoms with E-state index in [0.717, 1.165) is 5.69 Å². The van der Waals surface area contributed by atoms with Gasteiger partial charge < -0.3 is 10.1 Å². The summed E-state index contributed by atoms with van der Waals surface area (Å²) in [6.07, 6.45) is 1.43. The molecule has 146 valence electrons. The van der Waals surface area contributed by atoms with E-state index in [-0.39, 0.29) is 11.7 Å². The first kappa shape index (κ1) is 19.2. The van der Waals surface area contributed by atoms with Crippen LogP contribution < -0.4 is 10.1 Å². The molecule has 2 aromatic heterocycles. The second kappa shape index (κ2) is 8.46. The smallest absolute Gasteiger partial charge is 0.234 e. The van der Waals surface area contributed by atoms with Gasteiger partial charge in [-0.3, -0.25) is 4.79 Å². The Bertz CT molecular complexity index is 1170. The van der Waals surface area contributed by atoms with Gasteiger partial charge in [0.15, 0.2) is 11.2 Å². The number of aromatic nitrogens is 5.